The first kappa shape index (κ1) is 16.9. The Bertz CT molecular complexity index is 739. The molecule has 2 aliphatic rings. The average Bonchev–Trinajstić information content (AvgIpc) is 3.23. The van der Waals surface area contributed by atoms with Crippen molar-refractivity contribution >= 4 is 17.7 Å². The molecule has 7 heteroatoms. The van der Waals surface area contributed by atoms with E-state index in [1.54, 1.807) is 24.8 Å². The molecule has 136 valence electrons. The Morgan fingerprint density at radius 1 is 1.04 bits per heavy atom. The molecule has 2 aromatic rings. The molecular formula is C19H24N6O. The van der Waals surface area contributed by atoms with Crippen molar-refractivity contribution in [1.82, 2.24) is 24.8 Å². The number of nitrogens with one attached hydrogen (secondary N) is 1. The Labute approximate surface area is 153 Å². The van der Waals surface area contributed by atoms with E-state index in [2.05, 4.69) is 30.2 Å². The van der Waals surface area contributed by atoms with Crippen molar-refractivity contribution in [2.75, 3.05) is 18.4 Å². The molecule has 0 bridgehead atoms. The average molecular weight is 352 g/mol. The zero-order chi connectivity index (χ0) is 17.8. The van der Waals surface area contributed by atoms with Gasteiger partial charge in [-0.1, -0.05) is 12.8 Å². The third kappa shape index (κ3) is 3.81. The predicted octanol–water partition coefficient (Wildman–Crippen LogP) is 2.91. The summed E-state index contributed by atoms with van der Waals surface area (Å²) in [6, 6.07) is 1.97. The number of aromatic nitrogens is 4. The van der Waals surface area contributed by atoms with Crippen LogP contribution in [0.1, 0.15) is 50.1 Å². The first-order valence-corrected chi connectivity index (χ1v) is 9.44. The molecular weight excluding hydrogens is 328 g/mol. The quantitative estimate of drug-likeness (QED) is 0.911. The minimum absolute atomic E-state index is 0.272. The molecule has 26 heavy (non-hydrogen) atoms. The number of carbonyl (C=O) groups excluding carboxylic acids is 1. The summed E-state index contributed by atoms with van der Waals surface area (Å²) in [7, 11) is 0. The molecule has 2 aromatic heterocycles. The van der Waals surface area contributed by atoms with Crippen LogP contribution >= 0.6 is 0 Å². The molecule has 1 aliphatic carbocycles. The molecule has 3 heterocycles. The molecule has 0 radical (unpaired) electrons. The van der Waals surface area contributed by atoms with Gasteiger partial charge in [0, 0.05) is 49.2 Å². The normalized spacial score (nSPS) is 18.8. The summed E-state index contributed by atoms with van der Waals surface area (Å²) >= 11 is 0. The molecule has 4 rings (SSSR count). The fourth-order valence-corrected chi connectivity index (χ4v) is 3.97. The number of amides is 1. The van der Waals surface area contributed by atoms with Crippen molar-refractivity contribution in [2.45, 2.75) is 44.4 Å². The highest BCUT2D eigenvalue weighted by Gasteiger charge is 2.30. The number of rotatable bonds is 4. The highest BCUT2D eigenvalue weighted by Crippen LogP contribution is 2.31. The highest BCUT2D eigenvalue weighted by molar-refractivity contribution is 5.79. The number of hydrogen-bond acceptors (Lipinski definition) is 6. The standard InChI is InChI=1S/C19H24N6O/c26-18(15-3-1-2-4-15)25-11-6-14(7-12-25)16-5-8-22-19(23-16)24-17-13-20-9-10-21-17/h5,8-10,13-15H,1-4,6-7,11-12H2,(H,21,22,23,24). The van der Waals surface area contributed by atoms with Crippen molar-refractivity contribution < 1.29 is 4.79 Å². The number of piperidine rings is 1. The molecule has 0 unspecified atom stereocenters. The van der Waals surface area contributed by atoms with Gasteiger partial charge in [0.1, 0.15) is 0 Å². The molecule has 1 saturated carbocycles. The van der Waals surface area contributed by atoms with Crippen LogP contribution in [-0.4, -0.2) is 43.8 Å². The minimum Gasteiger partial charge on any atom is -0.342 e. The lowest BCUT2D eigenvalue weighted by Crippen LogP contribution is -2.40. The molecule has 7 nitrogen and oxygen atoms in total. The van der Waals surface area contributed by atoms with Crippen LogP contribution < -0.4 is 5.32 Å². The molecule has 1 N–H and O–H groups in total. The smallest absolute Gasteiger partial charge is 0.228 e. The van der Waals surface area contributed by atoms with E-state index in [1.165, 1.54) is 12.8 Å². The molecule has 0 aromatic carbocycles. The monoisotopic (exact) mass is 352 g/mol. The first-order chi connectivity index (χ1) is 12.8. The van der Waals surface area contributed by atoms with E-state index >= 15 is 0 Å². The summed E-state index contributed by atoms with van der Waals surface area (Å²) in [4.78, 5) is 31.8. The number of anilines is 2. The van der Waals surface area contributed by atoms with Gasteiger partial charge >= 0.3 is 0 Å². The number of nitrogens with zero attached hydrogens (tertiary/aromatic N) is 5. The number of carbonyl (C=O) groups is 1. The van der Waals surface area contributed by atoms with Gasteiger partial charge in [0.05, 0.1) is 6.20 Å². The third-order valence-electron chi connectivity index (χ3n) is 5.41. The second-order valence-corrected chi connectivity index (χ2v) is 7.10. The lowest BCUT2D eigenvalue weighted by molar-refractivity contribution is -0.136. The van der Waals surface area contributed by atoms with Crippen LogP contribution in [0.3, 0.4) is 0 Å². The summed E-state index contributed by atoms with van der Waals surface area (Å²) in [5.41, 5.74) is 1.03. The van der Waals surface area contributed by atoms with Crippen LogP contribution in [-0.2, 0) is 4.79 Å². The van der Waals surface area contributed by atoms with E-state index in [0.717, 1.165) is 44.5 Å². The summed E-state index contributed by atoms with van der Waals surface area (Å²) in [5, 5.41) is 3.09. The van der Waals surface area contributed by atoms with Gasteiger partial charge in [-0.3, -0.25) is 9.78 Å². The topological polar surface area (TPSA) is 83.9 Å². The van der Waals surface area contributed by atoms with Gasteiger partial charge < -0.3 is 10.2 Å². The largest absolute Gasteiger partial charge is 0.342 e. The fourth-order valence-electron chi connectivity index (χ4n) is 3.97. The lowest BCUT2D eigenvalue weighted by atomic mass is 9.92. The zero-order valence-electron chi connectivity index (χ0n) is 14.8. The second-order valence-electron chi connectivity index (χ2n) is 7.10. The maximum Gasteiger partial charge on any atom is 0.228 e. The van der Waals surface area contributed by atoms with Gasteiger partial charge in [0.25, 0.3) is 0 Å². The lowest BCUT2D eigenvalue weighted by Gasteiger charge is -2.33. The molecule has 1 amide bonds. The van der Waals surface area contributed by atoms with Crippen LogP contribution in [0.5, 0.6) is 0 Å². The Hall–Kier alpha value is -2.57. The predicted molar refractivity (Wildman–Crippen MR) is 97.9 cm³/mol. The minimum atomic E-state index is 0.272. The third-order valence-corrected chi connectivity index (χ3v) is 5.41. The van der Waals surface area contributed by atoms with Crippen LogP contribution in [0.4, 0.5) is 11.8 Å². The first-order valence-electron chi connectivity index (χ1n) is 9.44. The summed E-state index contributed by atoms with van der Waals surface area (Å²) in [5.74, 6) is 2.17. The second kappa shape index (κ2) is 7.76. The summed E-state index contributed by atoms with van der Waals surface area (Å²) in [6.45, 7) is 1.66. The van der Waals surface area contributed by atoms with Gasteiger partial charge in [0.15, 0.2) is 5.82 Å². The maximum atomic E-state index is 12.6. The zero-order valence-corrected chi connectivity index (χ0v) is 14.8. The van der Waals surface area contributed by atoms with Crippen LogP contribution in [0, 0.1) is 5.92 Å². The van der Waals surface area contributed by atoms with E-state index < -0.39 is 0 Å². The number of hydrogen-bond donors (Lipinski definition) is 1. The van der Waals surface area contributed by atoms with E-state index in [-0.39, 0.29) is 5.92 Å². The van der Waals surface area contributed by atoms with Gasteiger partial charge in [-0.2, -0.15) is 0 Å². The van der Waals surface area contributed by atoms with Crippen molar-refractivity contribution in [1.29, 1.82) is 0 Å². The van der Waals surface area contributed by atoms with E-state index in [4.69, 9.17) is 0 Å². The van der Waals surface area contributed by atoms with Crippen molar-refractivity contribution in [3.8, 4) is 0 Å². The van der Waals surface area contributed by atoms with Crippen LogP contribution in [0.25, 0.3) is 0 Å². The van der Waals surface area contributed by atoms with Gasteiger partial charge in [-0.15, -0.1) is 0 Å². The number of likely N-dealkylation sites (tertiary alicyclic amines) is 1. The Morgan fingerprint density at radius 3 is 2.58 bits per heavy atom. The summed E-state index contributed by atoms with van der Waals surface area (Å²) < 4.78 is 0. The van der Waals surface area contributed by atoms with Crippen molar-refractivity contribution in [3.05, 3.63) is 36.5 Å². The molecule has 2 fully saturated rings. The van der Waals surface area contributed by atoms with E-state index in [9.17, 15) is 4.79 Å². The Morgan fingerprint density at radius 2 is 1.85 bits per heavy atom. The highest BCUT2D eigenvalue weighted by atomic mass is 16.2. The van der Waals surface area contributed by atoms with Gasteiger partial charge in [0.2, 0.25) is 11.9 Å². The molecule has 1 saturated heterocycles. The Balaban J connectivity index is 1.37. The maximum absolute atomic E-state index is 12.6. The van der Waals surface area contributed by atoms with Crippen LogP contribution in [0.2, 0.25) is 0 Å². The van der Waals surface area contributed by atoms with Crippen LogP contribution in [0.15, 0.2) is 30.9 Å². The van der Waals surface area contributed by atoms with Gasteiger partial charge in [-0.25, -0.2) is 15.0 Å². The van der Waals surface area contributed by atoms with E-state index in [0.29, 0.717) is 23.6 Å². The summed E-state index contributed by atoms with van der Waals surface area (Å²) in [6.07, 6.45) is 13.1. The van der Waals surface area contributed by atoms with Gasteiger partial charge in [-0.05, 0) is 31.7 Å². The Kier molecular flexibility index (Phi) is 5.04. The van der Waals surface area contributed by atoms with Crippen molar-refractivity contribution in [2.24, 2.45) is 5.92 Å². The molecule has 0 atom stereocenters. The van der Waals surface area contributed by atoms with E-state index in [1.807, 2.05) is 6.07 Å². The SMILES string of the molecule is O=C(C1CCCC1)N1CCC(c2ccnc(Nc3cnccn3)n2)CC1. The molecule has 0 spiro atoms. The fraction of sp³-hybridized carbons (Fsp3) is 0.526. The molecule has 1 aliphatic heterocycles. The van der Waals surface area contributed by atoms with Crippen molar-refractivity contribution in [3.63, 3.8) is 0 Å².